The second-order valence-corrected chi connectivity index (χ2v) is 12.0. The number of hydrogen-bond donors (Lipinski definition) is 3. The van der Waals surface area contributed by atoms with Crippen LogP contribution in [0.25, 0.3) is 0 Å². The Kier molecular flexibility index (Phi) is 15.0. The van der Waals surface area contributed by atoms with Crippen molar-refractivity contribution in [3.8, 4) is 23.0 Å². The highest BCUT2D eigenvalue weighted by Crippen LogP contribution is 2.42. The molecule has 0 aromatic heterocycles. The Morgan fingerprint density at radius 2 is 1.43 bits per heavy atom. The van der Waals surface area contributed by atoms with Crippen molar-refractivity contribution >= 4 is 40.5 Å². The number of carbonyl (C=O) groups excluding carboxylic acids is 1. The maximum absolute atomic E-state index is 15.6. The number of benzene rings is 2. The number of nitrogens with zero attached hydrogens (tertiary/aromatic N) is 1. The zero-order valence-corrected chi connectivity index (χ0v) is 29.4. The number of halogens is 2. The number of carboxylic acids is 2. The van der Waals surface area contributed by atoms with E-state index in [-0.39, 0.29) is 91.4 Å². The molecule has 3 N–H and O–H groups in total. The predicted molar refractivity (Wildman–Crippen MR) is 180 cm³/mol. The molecule has 260 valence electrons. The first-order valence-electron chi connectivity index (χ1n) is 15.6. The van der Waals surface area contributed by atoms with Gasteiger partial charge in [-0.3, -0.25) is 19.8 Å². The van der Waals surface area contributed by atoms with Crippen molar-refractivity contribution < 1.29 is 47.9 Å². The van der Waals surface area contributed by atoms with Crippen molar-refractivity contribution in [3.05, 3.63) is 46.3 Å². The number of fused-ring (bicyclic) bond motifs is 1. The number of ether oxygens (including phenoxy) is 4. The second kappa shape index (κ2) is 17.9. The zero-order chi connectivity index (χ0) is 34.0. The highest BCUT2D eigenvalue weighted by molar-refractivity contribution is 8.93. The van der Waals surface area contributed by atoms with Gasteiger partial charge in [-0.2, -0.15) is 0 Å². The highest BCUT2D eigenvalue weighted by atomic mass is 79.9. The molecule has 0 spiro atoms. The van der Waals surface area contributed by atoms with Crippen molar-refractivity contribution in [1.29, 1.82) is 5.41 Å². The van der Waals surface area contributed by atoms with Crippen LogP contribution in [0.4, 0.5) is 4.39 Å². The smallest absolute Gasteiger partial charge is 0.303 e. The Bertz CT molecular complexity index is 1440. The molecular formula is C34H46BrFN2O9. The average Bonchev–Trinajstić information content (AvgIpc) is 3.28. The lowest BCUT2D eigenvalue weighted by Crippen LogP contribution is -2.30. The summed E-state index contributed by atoms with van der Waals surface area (Å²) in [6.45, 7) is 10.3. The van der Waals surface area contributed by atoms with Gasteiger partial charge in [0, 0.05) is 30.5 Å². The number of amidine groups is 1. The van der Waals surface area contributed by atoms with Crippen LogP contribution in [0.15, 0.2) is 18.2 Å². The number of carboxylic acid groups (broad SMARTS) is 2. The molecule has 0 saturated heterocycles. The number of rotatable bonds is 19. The van der Waals surface area contributed by atoms with Crippen LogP contribution in [-0.4, -0.2) is 71.6 Å². The van der Waals surface area contributed by atoms with E-state index in [4.69, 9.17) is 34.6 Å². The van der Waals surface area contributed by atoms with Gasteiger partial charge < -0.3 is 34.1 Å². The molecule has 13 heteroatoms. The van der Waals surface area contributed by atoms with Crippen molar-refractivity contribution in [2.75, 3.05) is 33.0 Å². The number of ketones is 1. The van der Waals surface area contributed by atoms with Crippen LogP contribution in [0.1, 0.15) is 100 Å². The lowest BCUT2D eigenvalue weighted by atomic mass is 9.84. The lowest BCUT2D eigenvalue weighted by molar-refractivity contribution is -0.138. The number of aliphatic carboxylic acids is 2. The van der Waals surface area contributed by atoms with E-state index in [2.05, 4.69) is 0 Å². The fourth-order valence-corrected chi connectivity index (χ4v) is 5.11. The van der Waals surface area contributed by atoms with Gasteiger partial charge in [0.05, 0.1) is 38.5 Å². The molecule has 1 aliphatic heterocycles. The molecule has 11 nitrogen and oxygen atoms in total. The molecule has 2 aromatic carbocycles. The molecule has 47 heavy (non-hydrogen) atoms. The van der Waals surface area contributed by atoms with E-state index in [1.165, 1.54) is 4.90 Å². The number of nitrogens with one attached hydrogen (secondary N) is 1. The fourth-order valence-electron chi connectivity index (χ4n) is 5.11. The Balaban J connectivity index is 0.00000768. The zero-order valence-electron chi connectivity index (χ0n) is 27.7. The maximum Gasteiger partial charge on any atom is 0.303 e. The third-order valence-electron chi connectivity index (χ3n) is 7.37. The van der Waals surface area contributed by atoms with E-state index in [0.29, 0.717) is 60.5 Å². The van der Waals surface area contributed by atoms with E-state index >= 15 is 4.39 Å². The molecular weight excluding hydrogens is 679 g/mol. The number of hydrogen-bond acceptors (Lipinski definition) is 8. The summed E-state index contributed by atoms with van der Waals surface area (Å²) in [4.78, 5) is 37.1. The molecule has 0 atom stereocenters. The average molecular weight is 726 g/mol. The first kappa shape index (κ1) is 39.3. The van der Waals surface area contributed by atoms with Crippen LogP contribution in [0.3, 0.4) is 0 Å². The Morgan fingerprint density at radius 1 is 0.851 bits per heavy atom. The van der Waals surface area contributed by atoms with E-state index < -0.39 is 23.2 Å². The van der Waals surface area contributed by atoms with Crippen LogP contribution < -0.4 is 18.9 Å². The van der Waals surface area contributed by atoms with Gasteiger partial charge >= 0.3 is 11.9 Å². The van der Waals surface area contributed by atoms with Gasteiger partial charge in [-0.25, -0.2) is 4.39 Å². The molecule has 1 aliphatic rings. The summed E-state index contributed by atoms with van der Waals surface area (Å²) in [6, 6.07) is 4.97. The Morgan fingerprint density at radius 3 is 1.98 bits per heavy atom. The van der Waals surface area contributed by atoms with Crippen LogP contribution in [-0.2, 0) is 21.5 Å². The van der Waals surface area contributed by atoms with Crippen molar-refractivity contribution in [2.24, 2.45) is 0 Å². The van der Waals surface area contributed by atoms with Crippen LogP contribution in [0, 0.1) is 11.2 Å². The summed E-state index contributed by atoms with van der Waals surface area (Å²) in [6.07, 6.45) is 1.84. The molecule has 0 radical (unpaired) electrons. The van der Waals surface area contributed by atoms with Gasteiger partial charge in [0.2, 0.25) is 0 Å². The lowest BCUT2D eigenvalue weighted by Gasteiger charge is -2.26. The summed E-state index contributed by atoms with van der Waals surface area (Å²) in [5, 5.41) is 26.6. The molecule has 0 saturated carbocycles. The molecule has 0 amide bonds. The number of Topliss-reactive ketones (excluding diaryl/α,β-unsaturated/α-hetero) is 1. The van der Waals surface area contributed by atoms with Gasteiger partial charge in [-0.1, -0.05) is 20.8 Å². The molecule has 0 fully saturated rings. The first-order chi connectivity index (χ1) is 21.8. The maximum atomic E-state index is 15.6. The van der Waals surface area contributed by atoms with Crippen molar-refractivity contribution in [1.82, 2.24) is 4.90 Å². The number of unbranched alkanes of at least 4 members (excludes halogenated alkanes) is 2. The first-order valence-corrected chi connectivity index (χ1v) is 15.6. The van der Waals surface area contributed by atoms with Crippen LogP contribution in [0.5, 0.6) is 23.0 Å². The minimum Gasteiger partial charge on any atom is -0.490 e. The highest BCUT2D eigenvalue weighted by Gasteiger charge is 2.34. The molecule has 3 rings (SSSR count). The Labute approximate surface area is 285 Å². The van der Waals surface area contributed by atoms with Gasteiger partial charge in [0.1, 0.15) is 5.84 Å². The third-order valence-corrected chi connectivity index (χ3v) is 7.37. The second-order valence-electron chi connectivity index (χ2n) is 12.0. The molecule has 0 unspecified atom stereocenters. The van der Waals surface area contributed by atoms with Crippen LogP contribution >= 0.6 is 17.0 Å². The molecule has 1 heterocycles. The summed E-state index contributed by atoms with van der Waals surface area (Å²) in [7, 11) is 0. The topological polar surface area (TPSA) is 156 Å². The number of carbonyl (C=O) groups is 3. The summed E-state index contributed by atoms with van der Waals surface area (Å²) < 4.78 is 38.9. The van der Waals surface area contributed by atoms with Gasteiger partial charge in [0.15, 0.2) is 34.6 Å². The summed E-state index contributed by atoms with van der Waals surface area (Å²) in [5.41, 5.74) is 1.13. The van der Waals surface area contributed by atoms with Crippen LogP contribution in [0.2, 0.25) is 0 Å². The van der Waals surface area contributed by atoms with E-state index in [0.717, 1.165) is 0 Å². The third kappa shape index (κ3) is 10.6. The minimum absolute atomic E-state index is 0. The van der Waals surface area contributed by atoms with E-state index in [1.807, 2.05) is 20.8 Å². The fraction of sp³-hybridized carbons (Fsp3) is 0.529. The predicted octanol–water partition coefficient (Wildman–Crippen LogP) is 6.79. The van der Waals surface area contributed by atoms with Gasteiger partial charge in [-0.15, -0.1) is 17.0 Å². The minimum atomic E-state index is -0.897. The van der Waals surface area contributed by atoms with Crippen molar-refractivity contribution in [2.45, 2.75) is 85.1 Å². The van der Waals surface area contributed by atoms with E-state index in [9.17, 15) is 14.4 Å². The normalized spacial score (nSPS) is 12.3. The van der Waals surface area contributed by atoms with Crippen molar-refractivity contribution in [3.63, 3.8) is 0 Å². The molecule has 2 aromatic rings. The standard InChI is InChI=1S/C34H45FN2O9.BrH/c1-6-43-26-18-22-19-37(33(36)29(22)30(35)32(26)44-7-2)20-24(38)21-16-23(34(3,4)5)31(46-15-11-9-13-28(41)42)25(17-21)45-14-10-8-12-27(39)40;/h16-18,36H,6-15,19-20H2,1-5H3,(H,39,40)(H,41,42);1H. The SMILES string of the molecule is Br.CCOc1cc2c(c(F)c1OCC)C(=N)N(CC(=O)c1cc(OCCCCC(=O)O)c(OCCCCC(=O)O)c(C(C)(C)C)c1)C2. The van der Waals surface area contributed by atoms with Gasteiger partial charge in [-0.05, 0) is 68.7 Å². The monoisotopic (exact) mass is 724 g/mol. The Hall–Kier alpha value is -3.87. The van der Waals surface area contributed by atoms with E-state index in [1.54, 1.807) is 32.0 Å². The molecule has 0 aliphatic carbocycles. The summed E-state index contributed by atoms with van der Waals surface area (Å²) in [5.74, 6) is -1.97. The summed E-state index contributed by atoms with van der Waals surface area (Å²) >= 11 is 0. The quantitative estimate of drug-likeness (QED) is 0.104. The largest absolute Gasteiger partial charge is 0.490 e. The van der Waals surface area contributed by atoms with Gasteiger partial charge in [0.25, 0.3) is 0 Å². The molecule has 0 bridgehead atoms.